The number of Topliss-reactive ketones (excluding diaryl/α,β-unsaturated/α-hetero) is 1. The highest BCUT2D eigenvalue weighted by Gasteiger charge is 2.32. The summed E-state index contributed by atoms with van der Waals surface area (Å²) in [7, 11) is 0. The molecule has 0 spiro atoms. The second-order valence-corrected chi connectivity index (χ2v) is 3.54. The van der Waals surface area contributed by atoms with E-state index in [2.05, 4.69) is 0 Å². The summed E-state index contributed by atoms with van der Waals surface area (Å²) < 4.78 is 0. The van der Waals surface area contributed by atoms with Crippen LogP contribution in [-0.2, 0) is 4.79 Å². The van der Waals surface area contributed by atoms with Gasteiger partial charge in [-0.05, 0) is 19.3 Å². The first-order chi connectivity index (χ1) is 5.51. The maximum absolute atomic E-state index is 11.7. The molecule has 0 aliphatic carbocycles. The highest BCUT2D eigenvalue weighted by Crippen LogP contribution is 2.19. The van der Waals surface area contributed by atoms with Crippen LogP contribution in [0.1, 0.15) is 47.0 Å². The molecular weight excluding hydrogens is 150 g/mol. The molecule has 2 N–H and O–H groups in total. The van der Waals surface area contributed by atoms with Crippen LogP contribution in [0, 0.1) is 5.92 Å². The summed E-state index contributed by atoms with van der Waals surface area (Å²) in [6.07, 6.45) is 2.37. The van der Waals surface area contributed by atoms with Crippen molar-refractivity contribution < 1.29 is 4.79 Å². The Hall–Kier alpha value is -0.370. The molecular formula is C10H21NO. The van der Waals surface area contributed by atoms with E-state index < -0.39 is 5.54 Å². The summed E-state index contributed by atoms with van der Waals surface area (Å²) in [5, 5.41) is 0. The smallest absolute Gasteiger partial charge is 0.155 e. The molecule has 0 aliphatic heterocycles. The molecule has 72 valence electrons. The van der Waals surface area contributed by atoms with Gasteiger partial charge in [0.15, 0.2) is 5.78 Å². The molecule has 0 saturated heterocycles. The third-order valence-corrected chi connectivity index (χ3v) is 2.81. The van der Waals surface area contributed by atoms with Gasteiger partial charge >= 0.3 is 0 Å². The van der Waals surface area contributed by atoms with Crippen molar-refractivity contribution in [3.63, 3.8) is 0 Å². The van der Waals surface area contributed by atoms with E-state index >= 15 is 0 Å². The van der Waals surface area contributed by atoms with Gasteiger partial charge in [-0.15, -0.1) is 0 Å². The maximum atomic E-state index is 11.7. The largest absolute Gasteiger partial charge is 0.319 e. The summed E-state index contributed by atoms with van der Waals surface area (Å²) in [5.74, 6) is 0.324. The van der Waals surface area contributed by atoms with Crippen molar-refractivity contribution in [3.8, 4) is 0 Å². The van der Waals surface area contributed by atoms with Gasteiger partial charge in [0.25, 0.3) is 0 Å². The highest BCUT2D eigenvalue weighted by molar-refractivity contribution is 5.89. The van der Waals surface area contributed by atoms with Crippen LogP contribution < -0.4 is 5.73 Å². The third kappa shape index (κ3) is 2.31. The van der Waals surface area contributed by atoms with Crippen LogP contribution in [0.4, 0.5) is 0 Å². The zero-order valence-electron chi connectivity index (χ0n) is 8.68. The molecule has 0 aromatic rings. The maximum Gasteiger partial charge on any atom is 0.155 e. The van der Waals surface area contributed by atoms with Gasteiger partial charge in [0.05, 0.1) is 5.54 Å². The topological polar surface area (TPSA) is 43.1 Å². The van der Waals surface area contributed by atoms with Crippen LogP contribution in [0.2, 0.25) is 0 Å². The van der Waals surface area contributed by atoms with E-state index in [0.717, 1.165) is 19.3 Å². The van der Waals surface area contributed by atoms with E-state index in [1.165, 1.54) is 0 Å². The first-order valence-corrected chi connectivity index (χ1v) is 4.85. The van der Waals surface area contributed by atoms with Crippen LogP contribution in [0.3, 0.4) is 0 Å². The Morgan fingerprint density at radius 3 is 2.00 bits per heavy atom. The van der Waals surface area contributed by atoms with Crippen molar-refractivity contribution in [3.05, 3.63) is 0 Å². The minimum absolute atomic E-state index is 0.106. The van der Waals surface area contributed by atoms with Crippen LogP contribution in [-0.4, -0.2) is 11.3 Å². The molecule has 1 atom stereocenters. The van der Waals surface area contributed by atoms with Gasteiger partial charge in [-0.2, -0.15) is 0 Å². The molecule has 0 fully saturated rings. The quantitative estimate of drug-likeness (QED) is 0.688. The monoisotopic (exact) mass is 171 g/mol. The molecule has 0 aliphatic rings. The molecule has 0 aromatic heterocycles. The van der Waals surface area contributed by atoms with Crippen molar-refractivity contribution in [1.29, 1.82) is 0 Å². The standard InChI is InChI=1S/C10H21NO/c1-5-8(4)9(12)10(11,6-2)7-3/h8H,5-7,11H2,1-4H3. The van der Waals surface area contributed by atoms with Crippen molar-refractivity contribution in [2.45, 2.75) is 52.5 Å². The van der Waals surface area contributed by atoms with Crippen LogP contribution in [0.5, 0.6) is 0 Å². The number of nitrogens with two attached hydrogens (primary N) is 1. The predicted molar refractivity (Wildman–Crippen MR) is 52.0 cm³/mol. The number of ketones is 1. The minimum atomic E-state index is -0.574. The Balaban J connectivity index is 4.41. The number of hydrogen-bond acceptors (Lipinski definition) is 2. The molecule has 2 heteroatoms. The van der Waals surface area contributed by atoms with Gasteiger partial charge < -0.3 is 5.73 Å². The number of rotatable bonds is 5. The lowest BCUT2D eigenvalue weighted by atomic mass is 9.82. The van der Waals surface area contributed by atoms with Crippen LogP contribution in [0.25, 0.3) is 0 Å². The van der Waals surface area contributed by atoms with Crippen molar-refractivity contribution in [2.75, 3.05) is 0 Å². The number of carbonyl (C=O) groups excluding carboxylic acids is 1. The molecule has 0 rings (SSSR count). The average Bonchev–Trinajstić information content (AvgIpc) is 2.14. The first kappa shape index (κ1) is 11.6. The molecule has 1 unspecified atom stereocenters. The van der Waals surface area contributed by atoms with Crippen molar-refractivity contribution in [2.24, 2.45) is 11.7 Å². The first-order valence-electron chi connectivity index (χ1n) is 4.85. The molecule has 12 heavy (non-hydrogen) atoms. The molecule has 0 saturated carbocycles. The van der Waals surface area contributed by atoms with E-state index in [9.17, 15) is 4.79 Å². The van der Waals surface area contributed by atoms with Gasteiger partial charge in [-0.25, -0.2) is 0 Å². The van der Waals surface area contributed by atoms with E-state index in [-0.39, 0.29) is 11.7 Å². The van der Waals surface area contributed by atoms with Crippen molar-refractivity contribution >= 4 is 5.78 Å². The lowest BCUT2D eigenvalue weighted by molar-refractivity contribution is -0.128. The normalized spacial score (nSPS) is 14.4. The van der Waals surface area contributed by atoms with Gasteiger partial charge in [0, 0.05) is 5.92 Å². The van der Waals surface area contributed by atoms with Gasteiger partial charge in [-0.1, -0.05) is 27.7 Å². The molecule has 0 bridgehead atoms. The molecule has 0 amide bonds. The Morgan fingerprint density at radius 1 is 1.33 bits per heavy atom. The lowest BCUT2D eigenvalue weighted by Gasteiger charge is -2.27. The highest BCUT2D eigenvalue weighted by atomic mass is 16.1. The van der Waals surface area contributed by atoms with E-state index in [1.54, 1.807) is 0 Å². The minimum Gasteiger partial charge on any atom is -0.319 e. The Bertz CT molecular complexity index is 150. The van der Waals surface area contributed by atoms with Gasteiger partial charge in [-0.3, -0.25) is 4.79 Å². The summed E-state index contributed by atoms with van der Waals surface area (Å²) >= 11 is 0. The molecule has 2 nitrogen and oxygen atoms in total. The van der Waals surface area contributed by atoms with E-state index in [0.29, 0.717) is 0 Å². The Kier molecular flexibility index (Phi) is 4.46. The third-order valence-electron chi connectivity index (χ3n) is 2.81. The fourth-order valence-electron chi connectivity index (χ4n) is 1.27. The van der Waals surface area contributed by atoms with Crippen molar-refractivity contribution in [1.82, 2.24) is 0 Å². The molecule has 0 aromatic carbocycles. The zero-order valence-corrected chi connectivity index (χ0v) is 8.68. The van der Waals surface area contributed by atoms with Gasteiger partial charge in [0.1, 0.15) is 0 Å². The summed E-state index contributed by atoms with van der Waals surface area (Å²) in [6, 6.07) is 0. The fourth-order valence-corrected chi connectivity index (χ4v) is 1.27. The van der Waals surface area contributed by atoms with Crippen LogP contribution >= 0.6 is 0 Å². The molecule has 0 radical (unpaired) electrons. The SMILES string of the molecule is CCC(C)C(=O)C(N)(CC)CC. The molecule has 0 heterocycles. The van der Waals surface area contributed by atoms with E-state index in [1.807, 2.05) is 27.7 Å². The van der Waals surface area contributed by atoms with Gasteiger partial charge in [0.2, 0.25) is 0 Å². The Labute approximate surface area is 75.5 Å². The predicted octanol–water partition coefficient (Wildman–Crippen LogP) is 2.12. The zero-order chi connectivity index (χ0) is 9.78. The summed E-state index contributed by atoms with van der Waals surface area (Å²) in [5.41, 5.74) is 5.39. The second kappa shape index (κ2) is 4.61. The lowest BCUT2D eigenvalue weighted by Crippen LogP contribution is -2.49. The second-order valence-electron chi connectivity index (χ2n) is 3.54. The fraction of sp³-hybridized carbons (Fsp3) is 0.900. The number of carbonyl (C=O) groups is 1. The average molecular weight is 171 g/mol. The van der Waals surface area contributed by atoms with E-state index in [4.69, 9.17) is 5.73 Å². The summed E-state index contributed by atoms with van der Waals surface area (Å²) in [4.78, 5) is 11.7. The number of hydrogen-bond donors (Lipinski definition) is 1. The summed E-state index contributed by atoms with van der Waals surface area (Å²) in [6.45, 7) is 7.93. The van der Waals surface area contributed by atoms with Crippen LogP contribution in [0.15, 0.2) is 0 Å². The Morgan fingerprint density at radius 2 is 1.75 bits per heavy atom.